The van der Waals surface area contributed by atoms with Crippen molar-refractivity contribution < 1.29 is 0 Å². The summed E-state index contributed by atoms with van der Waals surface area (Å²) in [4.78, 5) is 2.48. The van der Waals surface area contributed by atoms with Crippen LogP contribution in [-0.4, -0.2) is 18.0 Å². The van der Waals surface area contributed by atoms with Crippen molar-refractivity contribution in [2.45, 2.75) is 58.3 Å². The lowest BCUT2D eigenvalue weighted by atomic mass is 9.52. The first-order valence-corrected chi connectivity index (χ1v) is 9.63. The van der Waals surface area contributed by atoms with Crippen LogP contribution < -0.4 is 0 Å². The van der Waals surface area contributed by atoms with Crippen LogP contribution >= 0.6 is 0 Å². The summed E-state index contributed by atoms with van der Waals surface area (Å²) in [6.07, 6.45) is 14.3. The standard InChI is InChI=1S/C20H33N/c1-3-21-11-10-18-16(13-21)6-9-19-17-7-4-14(2)12-15(17)5-8-20(18)19/h3,14-20H,1,4-13H2,2H3. The summed E-state index contributed by atoms with van der Waals surface area (Å²) in [7, 11) is 0. The predicted octanol–water partition coefficient (Wildman–Crippen LogP) is 4.94. The summed E-state index contributed by atoms with van der Waals surface area (Å²) in [6.45, 7) is 9.07. The van der Waals surface area contributed by atoms with E-state index in [1.165, 1.54) is 32.4 Å². The zero-order valence-corrected chi connectivity index (χ0v) is 13.8. The minimum Gasteiger partial charge on any atom is -0.378 e. The van der Waals surface area contributed by atoms with Gasteiger partial charge >= 0.3 is 0 Å². The Bertz CT molecular complexity index is 389. The molecule has 0 radical (unpaired) electrons. The Morgan fingerprint density at radius 1 is 0.810 bits per heavy atom. The molecule has 4 fully saturated rings. The van der Waals surface area contributed by atoms with Crippen molar-refractivity contribution in [1.82, 2.24) is 4.90 Å². The second kappa shape index (κ2) is 5.63. The highest BCUT2D eigenvalue weighted by Gasteiger charge is 2.48. The Morgan fingerprint density at radius 2 is 1.48 bits per heavy atom. The molecular formula is C20H33N. The van der Waals surface area contributed by atoms with E-state index in [2.05, 4.69) is 24.6 Å². The van der Waals surface area contributed by atoms with Crippen LogP contribution in [0.15, 0.2) is 12.8 Å². The van der Waals surface area contributed by atoms with Gasteiger partial charge in [0.2, 0.25) is 0 Å². The molecule has 1 aliphatic heterocycles. The van der Waals surface area contributed by atoms with Gasteiger partial charge in [0.15, 0.2) is 0 Å². The zero-order chi connectivity index (χ0) is 14.4. The smallest absolute Gasteiger partial charge is 0.0203 e. The molecule has 1 nitrogen and oxygen atoms in total. The molecule has 0 amide bonds. The maximum Gasteiger partial charge on any atom is 0.0203 e. The van der Waals surface area contributed by atoms with E-state index in [1.807, 2.05) is 0 Å². The molecule has 0 aromatic carbocycles. The van der Waals surface area contributed by atoms with Gasteiger partial charge in [0.25, 0.3) is 0 Å². The van der Waals surface area contributed by atoms with Gasteiger partial charge in [-0.25, -0.2) is 0 Å². The van der Waals surface area contributed by atoms with E-state index in [9.17, 15) is 0 Å². The van der Waals surface area contributed by atoms with E-state index in [0.717, 1.165) is 41.4 Å². The molecule has 0 aromatic heterocycles. The van der Waals surface area contributed by atoms with Crippen molar-refractivity contribution in [1.29, 1.82) is 0 Å². The number of likely N-dealkylation sites (tertiary alicyclic amines) is 1. The number of nitrogens with zero attached hydrogens (tertiary/aromatic N) is 1. The third kappa shape index (κ3) is 2.45. The minimum absolute atomic E-state index is 0.983. The maximum atomic E-state index is 3.99. The Hall–Kier alpha value is -0.460. The fourth-order valence-corrected chi connectivity index (χ4v) is 6.84. The number of rotatable bonds is 1. The molecule has 1 heterocycles. The third-order valence-corrected chi connectivity index (χ3v) is 7.78. The molecule has 3 saturated carbocycles. The van der Waals surface area contributed by atoms with Crippen LogP contribution in [0.4, 0.5) is 0 Å². The molecule has 0 aromatic rings. The molecule has 4 rings (SSSR count). The molecule has 7 unspecified atom stereocenters. The molecule has 0 bridgehead atoms. The number of hydrogen-bond acceptors (Lipinski definition) is 1. The fraction of sp³-hybridized carbons (Fsp3) is 0.900. The highest BCUT2D eigenvalue weighted by Crippen LogP contribution is 2.56. The van der Waals surface area contributed by atoms with Crippen LogP contribution in [0.25, 0.3) is 0 Å². The summed E-state index contributed by atoms with van der Waals surface area (Å²) in [6, 6.07) is 0. The third-order valence-electron chi connectivity index (χ3n) is 7.78. The topological polar surface area (TPSA) is 3.24 Å². The first kappa shape index (κ1) is 14.2. The van der Waals surface area contributed by atoms with Gasteiger partial charge in [-0.15, -0.1) is 0 Å². The quantitative estimate of drug-likeness (QED) is 0.660. The van der Waals surface area contributed by atoms with Crippen molar-refractivity contribution in [2.24, 2.45) is 41.4 Å². The molecule has 4 aliphatic rings. The van der Waals surface area contributed by atoms with Crippen LogP contribution in [0, 0.1) is 41.4 Å². The van der Waals surface area contributed by atoms with Gasteiger partial charge in [-0.2, -0.15) is 0 Å². The molecule has 7 atom stereocenters. The van der Waals surface area contributed by atoms with E-state index >= 15 is 0 Å². The van der Waals surface area contributed by atoms with Gasteiger partial charge in [0.05, 0.1) is 0 Å². The average molecular weight is 287 g/mol. The van der Waals surface area contributed by atoms with Gasteiger partial charge in [0, 0.05) is 13.1 Å². The highest BCUT2D eigenvalue weighted by atomic mass is 15.1. The van der Waals surface area contributed by atoms with Crippen LogP contribution in [-0.2, 0) is 0 Å². The summed E-state index contributed by atoms with van der Waals surface area (Å²) in [5, 5.41) is 0. The lowest BCUT2D eigenvalue weighted by Gasteiger charge is -2.55. The highest BCUT2D eigenvalue weighted by molar-refractivity contribution is 4.99. The molecule has 1 saturated heterocycles. The van der Waals surface area contributed by atoms with E-state index in [0.29, 0.717) is 0 Å². The van der Waals surface area contributed by atoms with Crippen LogP contribution in [0.5, 0.6) is 0 Å². The van der Waals surface area contributed by atoms with Gasteiger partial charge in [-0.1, -0.05) is 19.9 Å². The fourth-order valence-electron chi connectivity index (χ4n) is 6.84. The first-order chi connectivity index (χ1) is 10.3. The van der Waals surface area contributed by atoms with Crippen LogP contribution in [0.2, 0.25) is 0 Å². The number of fused-ring (bicyclic) bond motifs is 5. The molecule has 0 spiro atoms. The normalized spacial score (nSPS) is 49.8. The molecule has 21 heavy (non-hydrogen) atoms. The monoisotopic (exact) mass is 287 g/mol. The average Bonchev–Trinajstić information content (AvgIpc) is 2.53. The predicted molar refractivity (Wildman–Crippen MR) is 88.8 cm³/mol. The van der Waals surface area contributed by atoms with Crippen LogP contribution in [0.3, 0.4) is 0 Å². The summed E-state index contributed by atoms with van der Waals surface area (Å²) < 4.78 is 0. The van der Waals surface area contributed by atoms with Crippen molar-refractivity contribution >= 4 is 0 Å². The molecule has 0 N–H and O–H groups in total. The number of piperidine rings is 1. The van der Waals surface area contributed by atoms with Gasteiger partial charge in [0.1, 0.15) is 0 Å². The molecule has 1 heteroatoms. The maximum absolute atomic E-state index is 3.99. The number of hydrogen-bond donors (Lipinski definition) is 0. The lowest BCUT2D eigenvalue weighted by molar-refractivity contribution is -0.0550. The molecule has 118 valence electrons. The largest absolute Gasteiger partial charge is 0.378 e. The SMILES string of the molecule is C=CN1CCC2C(CCC3C4CCC(C)CC4CCC23)C1. The van der Waals surface area contributed by atoms with Gasteiger partial charge in [-0.3, -0.25) is 0 Å². The van der Waals surface area contributed by atoms with Gasteiger partial charge < -0.3 is 4.90 Å². The minimum atomic E-state index is 0.983. The van der Waals surface area contributed by atoms with Gasteiger partial charge in [-0.05, 0) is 92.6 Å². The Balaban J connectivity index is 1.48. The summed E-state index contributed by atoms with van der Waals surface area (Å²) in [5.41, 5.74) is 0. The lowest BCUT2D eigenvalue weighted by Crippen LogP contribution is -2.50. The second-order valence-corrected chi connectivity index (χ2v) is 8.71. The Labute approximate surface area is 131 Å². The van der Waals surface area contributed by atoms with Crippen LogP contribution in [0.1, 0.15) is 58.3 Å². The van der Waals surface area contributed by atoms with E-state index in [1.54, 1.807) is 32.1 Å². The molecular weight excluding hydrogens is 254 g/mol. The van der Waals surface area contributed by atoms with E-state index in [4.69, 9.17) is 0 Å². The molecule has 3 aliphatic carbocycles. The van der Waals surface area contributed by atoms with Crippen molar-refractivity contribution in [3.05, 3.63) is 12.8 Å². The van der Waals surface area contributed by atoms with Crippen molar-refractivity contribution in [2.75, 3.05) is 13.1 Å². The Morgan fingerprint density at radius 3 is 2.24 bits per heavy atom. The van der Waals surface area contributed by atoms with Crippen molar-refractivity contribution in [3.63, 3.8) is 0 Å². The first-order valence-electron chi connectivity index (χ1n) is 9.63. The van der Waals surface area contributed by atoms with E-state index < -0.39 is 0 Å². The Kier molecular flexibility index (Phi) is 3.79. The van der Waals surface area contributed by atoms with Crippen molar-refractivity contribution in [3.8, 4) is 0 Å². The summed E-state index contributed by atoms with van der Waals surface area (Å²) >= 11 is 0. The zero-order valence-electron chi connectivity index (χ0n) is 13.8. The van der Waals surface area contributed by atoms with E-state index in [-0.39, 0.29) is 0 Å². The summed E-state index contributed by atoms with van der Waals surface area (Å²) in [5.74, 6) is 7.45. The second-order valence-electron chi connectivity index (χ2n) is 8.71.